The Morgan fingerprint density at radius 2 is 1.00 bits per heavy atom. The molecule has 0 fully saturated rings. The number of para-hydroxylation sites is 1. The van der Waals surface area contributed by atoms with Gasteiger partial charge in [0.05, 0.1) is 22.2 Å². The van der Waals surface area contributed by atoms with Crippen molar-refractivity contribution in [2.75, 3.05) is 0 Å². The first kappa shape index (κ1) is 26.0. The average molecular weight is 628 g/mol. The first-order valence-corrected chi connectivity index (χ1v) is 17.1. The summed E-state index contributed by atoms with van der Waals surface area (Å²) < 4.78 is 4.85. The van der Waals surface area contributed by atoms with Gasteiger partial charge in [0, 0.05) is 41.9 Å². The lowest BCUT2D eigenvalue weighted by Gasteiger charge is -2.12. The van der Waals surface area contributed by atoms with Crippen LogP contribution >= 0.6 is 11.3 Å². The molecular weight excluding hydrogens is 603 g/mol. The zero-order chi connectivity index (χ0) is 31.3. The van der Waals surface area contributed by atoms with Crippen LogP contribution < -0.4 is 0 Å². The normalized spacial score (nSPS) is 12.2. The molecule has 0 N–H and O–H groups in total. The maximum atomic E-state index is 5.45. The van der Waals surface area contributed by atoms with Gasteiger partial charge < -0.3 is 0 Å². The summed E-state index contributed by atoms with van der Waals surface area (Å²) in [7, 11) is 0. The summed E-state index contributed by atoms with van der Waals surface area (Å²) in [6.07, 6.45) is 0. The van der Waals surface area contributed by atoms with Crippen LogP contribution in [0.1, 0.15) is 0 Å². The van der Waals surface area contributed by atoms with Gasteiger partial charge in [-0.25, -0.2) is 9.97 Å². The molecule has 3 nitrogen and oxygen atoms in total. The maximum absolute atomic E-state index is 5.45. The Morgan fingerprint density at radius 3 is 1.71 bits per heavy atom. The quantitative estimate of drug-likeness (QED) is 0.191. The monoisotopic (exact) mass is 627 g/mol. The van der Waals surface area contributed by atoms with E-state index in [-0.39, 0.29) is 0 Å². The van der Waals surface area contributed by atoms with Gasteiger partial charge >= 0.3 is 0 Å². The van der Waals surface area contributed by atoms with Crippen LogP contribution in [-0.4, -0.2) is 14.5 Å². The third-order valence-electron chi connectivity index (χ3n) is 9.95. The SMILES string of the molecule is c1ccc2cc3c(cc2c1)sc1ccc(-c2nc(-n4c5ccc6ccccc6c5c5c6ccccc6ccc54)nc4ccccc24)cc13. The molecule has 0 saturated carbocycles. The summed E-state index contributed by atoms with van der Waals surface area (Å²) >= 11 is 1.85. The van der Waals surface area contributed by atoms with E-state index >= 15 is 0 Å². The zero-order valence-electron chi connectivity index (χ0n) is 25.7. The van der Waals surface area contributed by atoms with E-state index in [1.165, 1.54) is 63.3 Å². The zero-order valence-corrected chi connectivity index (χ0v) is 26.5. The highest BCUT2D eigenvalue weighted by molar-refractivity contribution is 7.25. The molecule has 4 heteroatoms. The van der Waals surface area contributed by atoms with Crippen molar-refractivity contribution in [3.8, 4) is 17.2 Å². The van der Waals surface area contributed by atoms with Gasteiger partial charge in [-0.1, -0.05) is 109 Å². The summed E-state index contributed by atoms with van der Waals surface area (Å²) in [4.78, 5) is 10.7. The minimum absolute atomic E-state index is 0.676. The van der Waals surface area contributed by atoms with Crippen molar-refractivity contribution in [3.63, 3.8) is 0 Å². The lowest BCUT2D eigenvalue weighted by atomic mass is 10.00. The summed E-state index contributed by atoms with van der Waals surface area (Å²) in [6.45, 7) is 0. The Bertz CT molecular complexity index is 3040. The second-order valence-electron chi connectivity index (χ2n) is 12.6. The van der Waals surface area contributed by atoms with E-state index in [2.05, 4.69) is 156 Å². The Hall–Kier alpha value is -6.10. The van der Waals surface area contributed by atoms with Crippen molar-refractivity contribution in [2.24, 2.45) is 0 Å². The molecule has 0 bridgehead atoms. The van der Waals surface area contributed by atoms with E-state index in [4.69, 9.17) is 9.97 Å². The summed E-state index contributed by atoms with van der Waals surface area (Å²) in [5, 5.41) is 13.5. The Morgan fingerprint density at radius 1 is 0.417 bits per heavy atom. The molecule has 11 aromatic rings. The standard InChI is InChI=1S/C44H25N3S/c1-2-12-29-25-40-35(23-28(29)11-1)34-24-30(19-22-39(34)48-40)43-33-15-7-8-16-36(33)45-44(46-43)47-37-20-17-26-9-3-5-13-31(26)41(37)42-32-14-6-4-10-27(32)18-21-38(42)47/h1-25H. The van der Waals surface area contributed by atoms with Crippen molar-refractivity contribution in [3.05, 3.63) is 152 Å². The number of aromatic nitrogens is 3. The summed E-state index contributed by atoms with van der Waals surface area (Å²) in [5.41, 5.74) is 5.16. The molecule has 0 amide bonds. The van der Waals surface area contributed by atoms with Crippen LogP contribution in [0.15, 0.2) is 152 Å². The molecule has 11 rings (SSSR count). The Kier molecular flexibility index (Phi) is 5.26. The van der Waals surface area contributed by atoms with E-state index in [0.29, 0.717) is 5.95 Å². The minimum atomic E-state index is 0.676. The molecule has 48 heavy (non-hydrogen) atoms. The van der Waals surface area contributed by atoms with Crippen LogP contribution in [0.4, 0.5) is 0 Å². The average Bonchev–Trinajstić information content (AvgIpc) is 3.68. The molecule has 222 valence electrons. The number of benzene rings is 8. The second kappa shape index (κ2) is 9.71. The number of fused-ring (bicyclic) bond motifs is 12. The third kappa shape index (κ3) is 3.63. The van der Waals surface area contributed by atoms with Crippen LogP contribution in [-0.2, 0) is 0 Å². The smallest absolute Gasteiger partial charge is 0.235 e. The van der Waals surface area contributed by atoms with Gasteiger partial charge in [0.2, 0.25) is 5.95 Å². The molecule has 0 unspecified atom stereocenters. The van der Waals surface area contributed by atoms with Gasteiger partial charge in [-0.3, -0.25) is 4.57 Å². The highest BCUT2D eigenvalue weighted by atomic mass is 32.1. The molecule has 0 spiro atoms. The highest BCUT2D eigenvalue weighted by Crippen LogP contribution is 2.42. The van der Waals surface area contributed by atoms with Crippen LogP contribution in [0.5, 0.6) is 0 Å². The summed E-state index contributed by atoms with van der Waals surface area (Å²) in [6, 6.07) is 54.7. The Labute approximate surface area is 278 Å². The first-order chi connectivity index (χ1) is 23.8. The number of rotatable bonds is 2. The molecule has 0 aliphatic carbocycles. The lowest BCUT2D eigenvalue weighted by molar-refractivity contribution is 1.01. The molecule has 8 aromatic carbocycles. The molecule has 0 aliphatic heterocycles. The van der Waals surface area contributed by atoms with Gasteiger partial charge in [-0.2, -0.15) is 0 Å². The largest absolute Gasteiger partial charge is 0.278 e. The van der Waals surface area contributed by atoms with E-state index < -0.39 is 0 Å². The molecule has 0 atom stereocenters. The van der Waals surface area contributed by atoms with Gasteiger partial charge in [-0.05, 0) is 74.8 Å². The minimum Gasteiger partial charge on any atom is -0.278 e. The van der Waals surface area contributed by atoms with E-state index in [0.717, 1.165) is 33.2 Å². The molecule has 3 aromatic heterocycles. The number of hydrogen-bond acceptors (Lipinski definition) is 3. The number of thiophene rings is 1. The van der Waals surface area contributed by atoms with Gasteiger partial charge in [-0.15, -0.1) is 11.3 Å². The molecule has 0 radical (unpaired) electrons. The molecule has 3 heterocycles. The topological polar surface area (TPSA) is 30.7 Å². The van der Waals surface area contributed by atoms with Gasteiger partial charge in [0.1, 0.15) is 0 Å². The van der Waals surface area contributed by atoms with Gasteiger partial charge in [0.25, 0.3) is 0 Å². The van der Waals surface area contributed by atoms with Crippen molar-refractivity contribution in [1.82, 2.24) is 14.5 Å². The number of nitrogens with zero attached hydrogens (tertiary/aromatic N) is 3. The number of hydrogen-bond donors (Lipinski definition) is 0. The van der Waals surface area contributed by atoms with Gasteiger partial charge in [0.15, 0.2) is 0 Å². The highest BCUT2D eigenvalue weighted by Gasteiger charge is 2.20. The molecule has 0 saturated heterocycles. The maximum Gasteiger partial charge on any atom is 0.235 e. The fourth-order valence-electron chi connectivity index (χ4n) is 7.76. The van der Waals surface area contributed by atoms with E-state index in [1.807, 2.05) is 11.3 Å². The second-order valence-corrected chi connectivity index (χ2v) is 13.7. The van der Waals surface area contributed by atoms with E-state index in [9.17, 15) is 0 Å². The lowest BCUT2D eigenvalue weighted by Crippen LogP contribution is -2.03. The van der Waals surface area contributed by atoms with Crippen LogP contribution in [0.25, 0.3) is 102 Å². The van der Waals surface area contributed by atoms with Crippen LogP contribution in [0.3, 0.4) is 0 Å². The third-order valence-corrected chi connectivity index (χ3v) is 11.1. The predicted molar refractivity (Wildman–Crippen MR) is 205 cm³/mol. The molecule has 0 aliphatic rings. The predicted octanol–water partition coefficient (Wildman–Crippen LogP) is 12.2. The molecular formula is C44H25N3S. The van der Waals surface area contributed by atoms with Crippen molar-refractivity contribution >= 4 is 96.5 Å². The van der Waals surface area contributed by atoms with Crippen LogP contribution in [0, 0.1) is 0 Å². The van der Waals surface area contributed by atoms with Crippen molar-refractivity contribution in [2.45, 2.75) is 0 Å². The van der Waals surface area contributed by atoms with E-state index in [1.54, 1.807) is 0 Å². The fraction of sp³-hybridized carbons (Fsp3) is 0. The van der Waals surface area contributed by atoms with Crippen molar-refractivity contribution < 1.29 is 0 Å². The first-order valence-electron chi connectivity index (χ1n) is 16.2. The fourth-order valence-corrected chi connectivity index (χ4v) is 8.87. The van der Waals surface area contributed by atoms with Crippen molar-refractivity contribution in [1.29, 1.82) is 0 Å². The Balaban J connectivity index is 1.23. The summed E-state index contributed by atoms with van der Waals surface area (Å²) in [5.74, 6) is 0.676. The van der Waals surface area contributed by atoms with Crippen LogP contribution in [0.2, 0.25) is 0 Å².